The van der Waals surface area contributed by atoms with Crippen LogP contribution in [0, 0.1) is 5.82 Å². The molecule has 1 saturated heterocycles. The van der Waals surface area contributed by atoms with E-state index in [-0.39, 0.29) is 35.8 Å². The summed E-state index contributed by atoms with van der Waals surface area (Å²) in [6.07, 6.45) is 0.376. The third-order valence-electron chi connectivity index (χ3n) is 4.46. The maximum atomic E-state index is 13.3. The highest BCUT2D eigenvalue weighted by Crippen LogP contribution is 2.34. The summed E-state index contributed by atoms with van der Waals surface area (Å²) in [5, 5.41) is 2.56. The Morgan fingerprint density at radius 3 is 2.78 bits per heavy atom. The highest BCUT2D eigenvalue weighted by molar-refractivity contribution is 7.91. The SMILES string of the molecule is CN(C(=O)[C@H]1CC(=O)Nc2cc(F)ccc21)[C@@H]1CCS(=O)(=O)C1. The zero-order valence-electron chi connectivity index (χ0n) is 12.6. The number of fused-ring (bicyclic) bond motifs is 1. The topological polar surface area (TPSA) is 83.6 Å². The van der Waals surface area contributed by atoms with Crippen LogP contribution in [0.5, 0.6) is 0 Å². The molecule has 2 atom stereocenters. The summed E-state index contributed by atoms with van der Waals surface area (Å²) < 4.78 is 36.5. The van der Waals surface area contributed by atoms with Crippen molar-refractivity contribution in [2.75, 3.05) is 23.9 Å². The van der Waals surface area contributed by atoms with Gasteiger partial charge in [-0.15, -0.1) is 0 Å². The second kappa shape index (κ2) is 5.59. The molecule has 3 rings (SSSR count). The van der Waals surface area contributed by atoms with E-state index in [0.717, 1.165) is 0 Å². The lowest BCUT2D eigenvalue weighted by Crippen LogP contribution is -2.42. The van der Waals surface area contributed by atoms with Gasteiger partial charge in [-0.25, -0.2) is 12.8 Å². The Balaban J connectivity index is 1.87. The quantitative estimate of drug-likeness (QED) is 0.867. The molecule has 6 nitrogen and oxygen atoms in total. The van der Waals surface area contributed by atoms with Crippen LogP contribution in [0.25, 0.3) is 0 Å². The third-order valence-corrected chi connectivity index (χ3v) is 6.21. The van der Waals surface area contributed by atoms with E-state index in [9.17, 15) is 22.4 Å². The van der Waals surface area contributed by atoms with Crippen LogP contribution in [0.3, 0.4) is 0 Å². The predicted molar refractivity (Wildman–Crippen MR) is 82.2 cm³/mol. The Kier molecular flexibility index (Phi) is 3.87. The molecular weight excluding hydrogens is 323 g/mol. The molecule has 0 unspecified atom stereocenters. The summed E-state index contributed by atoms with van der Waals surface area (Å²) in [4.78, 5) is 26.0. The number of hydrogen-bond donors (Lipinski definition) is 1. The molecular formula is C15H17FN2O4S. The van der Waals surface area contributed by atoms with Gasteiger partial charge in [0.05, 0.1) is 17.4 Å². The number of nitrogens with zero attached hydrogens (tertiary/aromatic N) is 1. The van der Waals surface area contributed by atoms with E-state index in [4.69, 9.17) is 0 Å². The number of sulfone groups is 1. The van der Waals surface area contributed by atoms with Crippen molar-refractivity contribution in [1.29, 1.82) is 0 Å². The maximum absolute atomic E-state index is 13.3. The summed E-state index contributed by atoms with van der Waals surface area (Å²) in [6, 6.07) is 3.55. The van der Waals surface area contributed by atoms with Crippen molar-refractivity contribution in [3.05, 3.63) is 29.6 Å². The maximum Gasteiger partial charge on any atom is 0.230 e. The van der Waals surface area contributed by atoms with E-state index in [1.54, 1.807) is 7.05 Å². The summed E-state index contributed by atoms with van der Waals surface area (Å²) in [7, 11) is -1.55. The van der Waals surface area contributed by atoms with Crippen molar-refractivity contribution in [3.63, 3.8) is 0 Å². The summed E-state index contributed by atoms with van der Waals surface area (Å²) in [6.45, 7) is 0. The number of carbonyl (C=O) groups is 2. The first-order chi connectivity index (χ1) is 10.8. The number of carbonyl (C=O) groups excluding carboxylic acids is 2. The van der Waals surface area contributed by atoms with Crippen LogP contribution in [-0.4, -0.2) is 49.7 Å². The van der Waals surface area contributed by atoms with E-state index in [2.05, 4.69) is 5.32 Å². The van der Waals surface area contributed by atoms with Gasteiger partial charge in [0.25, 0.3) is 0 Å². The van der Waals surface area contributed by atoms with Crippen LogP contribution in [0.15, 0.2) is 18.2 Å². The Bertz CT molecular complexity index is 778. The molecule has 8 heteroatoms. The van der Waals surface area contributed by atoms with Crippen molar-refractivity contribution in [2.24, 2.45) is 0 Å². The molecule has 124 valence electrons. The molecule has 23 heavy (non-hydrogen) atoms. The number of amides is 2. The average Bonchev–Trinajstić information content (AvgIpc) is 2.84. The molecule has 0 aliphatic carbocycles. The van der Waals surface area contributed by atoms with Crippen LogP contribution >= 0.6 is 0 Å². The standard InChI is InChI=1S/C15H17FN2O4S/c1-18(10-4-5-23(21,22)8-10)15(20)12-7-14(19)17-13-6-9(16)2-3-11(12)13/h2-3,6,10,12H,4-5,7-8H2,1H3,(H,17,19)/t10-,12+/m1/s1. The lowest BCUT2D eigenvalue weighted by molar-refractivity contribution is -0.135. The average molecular weight is 340 g/mol. The van der Waals surface area contributed by atoms with Gasteiger partial charge in [-0.3, -0.25) is 9.59 Å². The summed E-state index contributed by atoms with van der Waals surface area (Å²) in [5.74, 6) is -1.85. The molecule has 0 aromatic heterocycles. The predicted octanol–water partition coefficient (Wildman–Crippen LogP) is 0.897. The van der Waals surface area contributed by atoms with Gasteiger partial charge in [-0.1, -0.05) is 6.07 Å². The van der Waals surface area contributed by atoms with E-state index in [1.807, 2.05) is 0 Å². The highest BCUT2D eigenvalue weighted by atomic mass is 32.2. The zero-order valence-corrected chi connectivity index (χ0v) is 13.4. The monoisotopic (exact) mass is 340 g/mol. The van der Waals surface area contributed by atoms with Crippen LogP contribution in [0.1, 0.15) is 24.3 Å². The number of likely N-dealkylation sites (N-methyl/N-ethyl adjacent to an activating group) is 1. The van der Waals surface area contributed by atoms with E-state index in [1.165, 1.54) is 23.1 Å². The molecule has 0 bridgehead atoms. The number of rotatable bonds is 2. The van der Waals surface area contributed by atoms with Crippen LogP contribution in [-0.2, 0) is 19.4 Å². The number of benzene rings is 1. The van der Waals surface area contributed by atoms with Crippen molar-refractivity contribution in [2.45, 2.75) is 24.8 Å². The van der Waals surface area contributed by atoms with Gasteiger partial charge in [0, 0.05) is 25.2 Å². The first-order valence-electron chi connectivity index (χ1n) is 7.33. The van der Waals surface area contributed by atoms with Gasteiger partial charge in [0.2, 0.25) is 11.8 Å². The Morgan fingerprint density at radius 2 is 2.13 bits per heavy atom. The molecule has 1 aromatic carbocycles. The minimum atomic E-state index is -3.10. The zero-order chi connectivity index (χ0) is 16.8. The number of halogens is 1. The number of anilines is 1. The number of nitrogens with one attached hydrogen (secondary N) is 1. The van der Waals surface area contributed by atoms with Crippen molar-refractivity contribution in [3.8, 4) is 0 Å². The highest BCUT2D eigenvalue weighted by Gasteiger charge is 2.38. The van der Waals surface area contributed by atoms with Gasteiger partial charge in [0.1, 0.15) is 5.82 Å². The first-order valence-corrected chi connectivity index (χ1v) is 9.15. The first kappa shape index (κ1) is 15.9. The molecule has 1 aromatic rings. The molecule has 0 spiro atoms. The smallest absolute Gasteiger partial charge is 0.230 e. The molecule has 2 amide bonds. The largest absolute Gasteiger partial charge is 0.341 e. The van der Waals surface area contributed by atoms with E-state index < -0.39 is 21.6 Å². The van der Waals surface area contributed by atoms with Crippen LogP contribution in [0.4, 0.5) is 10.1 Å². The molecule has 2 heterocycles. The minimum Gasteiger partial charge on any atom is -0.341 e. The van der Waals surface area contributed by atoms with Crippen LogP contribution < -0.4 is 5.32 Å². The lowest BCUT2D eigenvalue weighted by Gasteiger charge is -2.31. The Hall–Kier alpha value is -1.96. The van der Waals surface area contributed by atoms with Crippen molar-refractivity contribution < 1.29 is 22.4 Å². The van der Waals surface area contributed by atoms with Gasteiger partial charge < -0.3 is 10.2 Å². The summed E-state index contributed by atoms with van der Waals surface area (Å²) in [5.41, 5.74) is 0.857. The van der Waals surface area contributed by atoms with Crippen LogP contribution in [0.2, 0.25) is 0 Å². The fourth-order valence-corrected chi connectivity index (χ4v) is 4.94. The van der Waals surface area contributed by atoms with Gasteiger partial charge in [-0.05, 0) is 24.1 Å². The van der Waals surface area contributed by atoms with Crippen molar-refractivity contribution >= 4 is 27.3 Å². The fraction of sp³-hybridized carbons (Fsp3) is 0.467. The van der Waals surface area contributed by atoms with Gasteiger partial charge >= 0.3 is 0 Å². The fourth-order valence-electron chi connectivity index (χ4n) is 3.16. The Morgan fingerprint density at radius 1 is 1.39 bits per heavy atom. The van der Waals surface area contributed by atoms with Gasteiger partial charge in [0.15, 0.2) is 9.84 Å². The summed E-state index contributed by atoms with van der Waals surface area (Å²) >= 11 is 0. The Labute approximate surface area is 133 Å². The second-order valence-electron chi connectivity index (χ2n) is 6.04. The molecule has 0 saturated carbocycles. The molecule has 0 radical (unpaired) electrons. The van der Waals surface area contributed by atoms with E-state index in [0.29, 0.717) is 17.7 Å². The molecule has 2 aliphatic rings. The number of hydrogen-bond acceptors (Lipinski definition) is 4. The van der Waals surface area contributed by atoms with Gasteiger partial charge in [-0.2, -0.15) is 0 Å². The molecule has 1 N–H and O–H groups in total. The lowest BCUT2D eigenvalue weighted by atomic mass is 9.89. The normalized spacial score (nSPS) is 25.6. The second-order valence-corrected chi connectivity index (χ2v) is 8.27. The minimum absolute atomic E-state index is 0.0265. The third kappa shape index (κ3) is 3.08. The van der Waals surface area contributed by atoms with E-state index >= 15 is 0 Å². The molecule has 1 fully saturated rings. The molecule has 2 aliphatic heterocycles. The van der Waals surface area contributed by atoms with Crippen molar-refractivity contribution in [1.82, 2.24) is 4.90 Å².